The molecule has 0 aliphatic heterocycles. The van der Waals surface area contributed by atoms with E-state index in [9.17, 15) is 14.4 Å². The number of urea groups is 1. The highest BCUT2D eigenvalue weighted by Gasteiger charge is 2.20. The molecule has 0 aromatic heterocycles. The Balaban J connectivity index is 2.99. The molecule has 0 heterocycles. The van der Waals surface area contributed by atoms with E-state index in [2.05, 4.69) is 5.32 Å². The second kappa shape index (κ2) is 8.33. The third-order valence-corrected chi connectivity index (χ3v) is 3.67. The Morgan fingerprint density at radius 2 is 1.88 bits per heavy atom. The number of methoxy groups -OCH3 is 1. The van der Waals surface area contributed by atoms with Gasteiger partial charge in [-0.3, -0.25) is 4.79 Å². The maximum absolute atomic E-state index is 12.2. The highest BCUT2D eigenvalue weighted by Crippen LogP contribution is 2.23. The van der Waals surface area contributed by atoms with E-state index in [1.807, 2.05) is 19.9 Å². The van der Waals surface area contributed by atoms with Gasteiger partial charge in [-0.05, 0) is 23.6 Å². The van der Waals surface area contributed by atoms with Crippen LogP contribution in [0.4, 0.5) is 10.5 Å². The number of aliphatic carboxylic acids is 1. The lowest BCUT2D eigenvalue weighted by Gasteiger charge is -2.21. The monoisotopic (exact) mass is 336 g/mol. The Labute approximate surface area is 141 Å². The van der Waals surface area contributed by atoms with E-state index in [0.717, 1.165) is 5.56 Å². The molecule has 7 heteroatoms. The summed E-state index contributed by atoms with van der Waals surface area (Å²) in [5.74, 6) is -2.00. The van der Waals surface area contributed by atoms with E-state index in [-0.39, 0.29) is 18.0 Å². The number of carboxylic acid groups (broad SMARTS) is 1. The van der Waals surface area contributed by atoms with E-state index < -0.39 is 23.9 Å². The van der Waals surface area contributed by atoms with Gasteiger partial charge in [0.1, 0.15) is 0 Å². The first kappa shape index (κ1) is 19.5. The molecule has 24 heavy (non-hydrogen) atoms. The Morgan fingerprint density at radius 3 is 2.38 bits per heavy atom. The molecule has 1 aromatic rings. The van der Waals surface area contributed by atoms with Crippen molar-refractivity contribution in [2.75, 3.05) is 26.0 Å². The third kappa shape index (κ3) is 4.97. The Kier molecular flexibility index (Phi) is 6.76. The number of nitrogens with one attached hydrogen (secondary N) is 1. The quantitative estimate of drug-likeness (QED) is 0.779. The van der Waals surface area contributed by atoms with Crippen molar-refractivity contribution in [1.82, 2.24) is 4.90 Å². The van der Waals surface area contributed by atoms with Crippen LogP contribution < -0.4 is 5.32 Å². The van der Waals surface area contributed by atoms with Crippen LogP contribution in [0.25, 0.3) is 0 Å². The molecule has 7 nitrogen and oxygen atoms in total. The summed E-state index contributed by atoms with van der Waals surface area (Å²) in [5, 5.41) is 11.5. The SMILES string of the molecule is COC(=O)c1cc(C(C)C)ccc1NC(=O)N(C)CC(C)C(=O)O. The third-order valence-electron chi connectivity index (χ3n) is 3.67. The van der Waals surface area contributed by atoms with Gasteiger partial charge in [-0.25, -0.2) is 9.59 Å². The number of amides is 2. The average molecular weight is 336 g/mol. The van der Waals surface area contributed by atoms with Crippen molar-refractivity contribution in [2.45, 2.75) is 26.7 Å². The first-order valence-electron chi connectivity index (χ1n) is 7.64. The van der Waals surface area contributed by atoms with Crippen molar-refractivity contribution in [3.05, 3.63) is 29.3 Å². The lowest BCUT2D eigenvalue weighted by Crippen LogP contribution is -2.37. The van der Waals surface area contributed by atoms with Crippen LogP contribution in [0.1, 0.15) is 42.6 Å². The Bertz CT molecular complexity index is 627. The first-order chi connectivity index (χ1) is 11.2. The lowest BCUT2D eigenvalue weighted by molar-refractivity contribution is -0.141. The number of esters is 1. The number of rotatable bonds is 6. The number of benzene rings is 1. The standard InChI is InChI=1S/C17H24N2O5/c1-10(2)12-6-7-14(13(8-12)16(22)24-5)18-17(23)19(4)9-11(3)15(20)21/h6-8,10-11H,9H2,1-5H3,(H,18,23)(H,20,21). The number of carboxylic acids is 1. The molecule has 0 spiro atoms. The minimum absolute atomic E-state index is 0.0544. The van der Waals surface area contributed by atoms with E-state index in [1.54, 1.807) is 12.1 Å². The van der Waals surface area contributed by atoms with Crippen LogP contribution in [0, 0.1) is 5.92 Å². The average Bonchev–Trinajstić information content (AvgIpc) is 2.53. The summed E-state index contributed by atoms with van der Waals surface area (Å²) >= 11 is 0. The molecule has 0 radical (unpaired) electrons. The lowest BCUT2D eigenvalue weighted by atomic mass is 9.99. The summed E-state index contributed by atoms with van der Waals surface area (Å²) in [6.45, 7) is 5.56. The predicted molar refractivity (Wildman–Crippen MR) is 90.3 cm³/mol. The maximum Gasteiger partial charge on any atom is 0.339 e. The van der Waals surface area contributed by atoms with Gasteiger partial charge in [0, 0.05) is 13.6 Å². The fourth-order valence-electron chi connectivity index (χ4n) is 2.09. The molecule has 0 bridgehead atoms. The molecule has 0 aliphatic rings. The smallest absolute Gasteiger partial charge is 0.339 e. The predicted octanol–water partition coefficient (Wildman–Crippen LogP) is 2.78. The summed E-state index contributed by atoms with van der Waals surface area (Å²) in [7, 11) is 2.77. The number of carbonyl (C=O) groups is 3. The van der Waals surface area contributed by atoms with Crippen molar-refractivity contribution in [2.24, 2.45) is 5.92 Å². The van der Waals surface area contributed by atoms with Crippen molar-refractivity contribution in [3.8, 4) is 0 Å². The molecule has 0 saturated heterocycles. The molecule has 132 valence electrons. The second-order valence-electron chi connectivity index (χ2n) is 6.00. The van der Waals surface area contributed by atoms with Crippen LogP contribution in [-0.2, 0) is 9.53 Å². The van der Waals surface area contributed by atoms with Gasteiger partial charge in [-0.2, -0.15) is 0 Å². The Hall–Kier alpha value is -2.57. The van der Waals surface area contributed by atoms with Crippen LogP contribution in [0.15, 0.2) is 18.2 Å². The van der Waals surface area contributed by atoms with Gasteiger partial charge >= 0.3 is 18.0 Å². The summed E-state index contributed by atoms with van der Waals surface area (Å²) < 4.78 is 4.77. The van der Waals surface area contributed by atoms with Gasteiger partial charge in [-0.1, -0.05) is 26.8 Å². The molecular formula is C17H24N2O5. The zero-order valence-corrected chi connectivity index (χ0v) is 14.6. The minimum Gasteiger partial charge on any atom is -0.481 e. The van der Waals surface area contributed by atoms with E-state index in [1.165, 1.54) is 26.0 Å². The van der Waals surface area contributed by atoms with E-state index in [4.69, 9.17) is 9.84 Å². The fourth-order valence-corrected chi connectivity index (χ4v) is 2.09. The van der Waals surface area contributed by atoms with Crippen molar-refractivity contribution < 1.29 is 24.2 Å². The van der Waals surface area contributed by atoms with Crippen molar-refractivity contribution >= 4 is 23.7 Å². The number of carbonyl (C=O) groups excluding carboxylic acids is 2. The molecule has 1 aromatic carbocycles. The zero-order chi connectivity index (χ0) is 18.4. The highest BCUT2D eigenvalue weighted by molar-refractivity contribution is 6.01. The topological polar surface area (TPSA) is 95.9 Å². The van der Waals surface area contributed by atoms with Crippen LogP contribution in [0.3, 0.4) is 0 Å². The van der Waals surface area contributed by atoms with Gasteiger partial charge in [0.05, 0.1) is 24.3 Å². The van der Waals surface area contributed by atoms with Crippen molar-refractivity contribution in [3.63, 3.8) is 0 Å². The molecule has 2 amide bonds. The van der Waals surface area contributed by atoms with Gasteiger partial charge < -0.3 is 20.1 Å². The van der Waals surface area contributed by atoms with Gasteiger partial charge in [-0.15, -0.1) is 0 Å². The van der Waals surface area contributed by atoms with Gasteiger partial charge in [0.25, 0.3) is 0 Å². The number of hydrogen-bond acceptors (Lipinski definition) is 4. The summed E-state index contributed by atoms with van der Waals surface area (Å²) in [5.41, 5.74) is 1.53. The highest BCUT2D eigenvalue weighted by atomic mass is 16.5. The number of anilines is 1. The maximum atomic E-state index is 12.2. The number of ether oxygens (including phenoxy) is 1. The summed E-state index contributed by atoms with van der Waals surface area (Å²) in [6.07, 6.45) is 0. The summed E-state index contributed by atoms with van der Waals surface area (Å²) in [6, 6.07) is 4.66. The van der Waals surface area contributed by atoms with E-state index in [0.29, 0.717) is 5.69 Å². The molecule has 0 saturated carbocycles. The van der Waals surface area contributed by atoms with Crippen LogP contribution in [0.2, 0.25) is 0 Å². The molecule has 1 rings (SSSR count). The number of nitrogens with zero attached hydrogens (tertiary/aromatic N) is 1. The van der Waals surface area contributed by atoms with E-state index >= 15 is 0 Å². The minimum atomic E-state index is -0.980. The zero-order valence-electron chi connectivity index (χ0n) is 14.6. The Morgan fingerprint density at radius 1 is 1.25 bits per heavy atom. The number of hydrogen-bond donors (Lipinski definition) is 2. The molecular weight excluding hydrogens is 312 g/mol. The second-order valence-corrected chi connectivity index (χ2v) is 6.00. The molecule has 1 atom stereocenters. The first-order valence-corrected chi connectivity index (χ1v) is 7.64. The molecule has 0 aliphatic carbocycles. The van der Waals surface area contributed by atoms with Gasteiger partial charge in [0.2, 0.25) is 0 Å². The largest absolute Gasteiger partial charge is 0.481 e. The van der Waals surface area contributed by atoms with Crippen LogP contribution in [-0.4, -0.2) is 48.7 Å². The molecule has 1 unspecified atom stereocenters. The summed E-state index contributed by atoms with van der Waals surface area (Å²) in [4.78, 5) is 36.3. The van der Waals surface area contributed by atoms with Crippen LogP contribution >= 0.6 is 0 Å². The normalized spacial score (nSPS) is 11.8. The van der Waals surface area contributed by atoms with Gasteiger partial charge in [0.15, 0.2) is 0 Å². The van der Waals surface area contributed by atoms with Crippen LogP contribution in [0.5, 0.6) is 0 Å². The molecule has 0 fully saturated rings. The fraction of sp³-hybridized carbons (Fsp3) is 0.471. The molecule has 2 N–H and O–H groups in total. The van der Waals surface area contributed by atoms with Crippen molar-refractivity contribution in [1.29, 1.82) is 0 Å².